The van der Waals surface area contributed by atoms with E-state index in [4.69, 9.17) is 21.3 Å². The van der Waals surface area contributed by atoms with Crippen molar-refractivity contribution in [3.8, 4) is 28.3 Å². The Morgan fingerprint density at radius 3 is 2.59 bits per heavy atom. The number of nitrogens with zero attached hydrogens (tertiary/aromatic N) is 3. The molecule has 2 aliphatic heterocycles. The molecule has 3 heterocycles. The summed E-state index contributed by atoms with van der Waals surface area (Å²) in [6, 6.07) is 13.3. The highest BCUT2D eigenvalue weighted by Gasteiger charge is 2.33. The van der Waals surface area contributed by atoms with Gasteiger partial charge in [0.2, 0.25) is 11.8 Å². The van der Waals surface area contributed by atoms with E-state index in [9.17, 15) is 19.5 Å². The number of halogens is 1. The summed E-state index contributed by atoms with van der Waals surface area (Å²) in [4.78, 5) is 44.2. The summed E-state index contributed by atoms with van der Waals surface area (Å²) in [5.41, 5.74) is 6.91. The van der Waals surface area contributed by atoms with Crippen LogP contribution in [0.5, 0.6) is 5.88 Å². The third-order valence-corrected chi connectivity index (χ3v) is 9.45. The third kappa shape index (κ3) is 5.81. The standard InChI is InChI=1S/C34H37ClN6O5/c1-18-21(23-9-6-10-26(30(23)35)38-31(43)24-17-40(2)34(45)41(3)33(24)44)7-5-8-22(18)27-15-19-11-13-25(29(19)32(39-27)46-4)36-16-20-12-14-28(42)37-20/h5-10,15,17,20,25,33,36,44H,11-14,16H2,1-4H3,(H,37,42)(H,38,43)/t20-,25+,33?/m0/s1. The van der Waals surface area contributed by atoms with E-state index in [0.717, 1.165) is 57.7 Å². The first-order chi connectivity index (χ1) is 22.1. The van der Waals surface area contributed by atoms with Crippen LogP contribution in [0.3, 0.4) is 0 Å². The lowest BCUT2D eigenvalue weighted by atomic mass is 9.93. The first-order valence-electron chi connectivity index (χ1n) is 15.3. The molecule has 11 nitrogen and oxygen atoms in total. The van der Waals surface area contributed by atoms with Crippen LogP contribution in [0, 0.1) is 6.92 Å². The minimum Gasteiger partial charge on any atom is -0.481 e. The Balaban J connectivity index is 1.27. The van der Waals surface area contributed by atoms with Gasteiger partial charge in [-0.3, -0.25) is 14.5 Å². The van der Waals surface area contributed by atoms with Crippen LogP contribution in [0.2, 0.25) is 5.02 Å². The van der Waals surface area contributed by atoms with Crippen molar-refractivity contribution in [2.75, 3.05) is 33.1 Å². The molecule has 4 N–H and O–H groups in total. The number of aliphatic hydroxyl groups excluding tert-OH is 1. The summed E-state index contributed by atoms with van der Waals surface area (Å²) in [7, 11) is 4.58. The summed E-state index contributed by atoms with van der Waals surface area (Å²) in [6.07, 6.45) is 3.15. The Kier molecular flexibility index (Phi) is 8.73. The number of fused-ring (bicyclic) bond motifs is 1. The lowest BCUT2D eigenvalue weighted by Crippen LogP contribution is -2.49. The largest absolute Gasteiger partial charge is 0.481 e. The molecule has 3 aliphatic rings. The molecule has 0 saturated carbocycles. The monoisotopic (exact) mass is 644 g/mol. The van der Waals surface area contributed by atoms with Gasteiger partial charge in [-0.1, -0.05) is 41.9 Å². The Labute approximate surface area is 272 Å². The molecular formula is C34H37ClN6O5. The highest BCUT2D eigenvalue weighted by Crippen LogP contribution is 2.42. The number of aromatic nitrogens is 1. The number of urea groups is 1. The zero-order chi connectivity index (χ0) is 32.7. The molecular weight excluding hydrogens is 608 g/mol. The highest BCUT2D eigenvalue weighted by atomic mass is 35.5. The third-order valence-electron chi connectivity index (χ3n) is 9.04. The van der Waals surface area contributed by atoms with E-state index in [0.29, 0.717) is 29.6 Å². The van der Waals surface area contributed by atoms with Crippen LogP contribution in [0.1, 0.15) is 42.0 Å². The number of pyridine rings is 1. The van der Waals surface area contributed by atoms with Crippen molar-refractivity contribution in [1.29, 1.82) is 0 Å². The summed E-state index contributed by atoms with van der Waals surface area (Å²) in [5, 5.41) is 20.3. The smallest absolute Gasteiger partial charge is 0.325 e. The van der Waals surface area contributed by atoms with E-state index < -0.39 is 18.2 Å². The van der Waals surface area contributed by atoms with E-state index in [1.165, 1.54) is 30.8 Å². The molecule has 0 radical (unpaired) electrons. The molecule has 2 aromatic carbocycles. The quantitative estimate of drug-likeness (QED) is 0.286. The zero-order valence-corrected chi connectivity index (χ0v) is 26.9. The van der Waals surface area contributed by atoms with Gasteiger partial charge in [-0.2, -0.15) is 0 Å². The van der Waals surface area contributed by atoms with Crippen LogP contribution < -0.4 is 20.7 Å². The summed E-state index contributed by atoms with van der Waals surface area (Å²) in [6.45, 7) is 2.72. The highest BCUT2D eigenvalue weighted by molar-refractivity contribution is 6.36. The normalized spacial score (nSPS) is 20.8. The molecule has 0 spiro atoms. The molecule has 0 bridgehead atoms. The van der Waals surface area contributed by atoms with E-state index in [-0.39, 0.29) is 23.6 Å². The fourth-order valence-corrected chi connectivity index (χ4v) is 6.80. The minimum atomic E-state index is -1.39. The van der Waals surface area contributed by atoms with Gasteiger partial charge in [0.05, 0.1) is 29.1 Å². The number of benzene rings is 2. The van der Waals surface area contributed by atoms with E-state index in [1.54, 1.807) is 19.2 Å². The van der Waals surface area contributed by atoms with Gasteiger partial charge >= 0.3 is 6.03 Å². The number of hydrogen-bond acceptors (Lipinski definition) is 7. The molecule has 4 amide bonds. The lowest BCUT2D eigenvalue weighted by Gasteiger charge is -2.33. The van der Waals surface area contributed by atoms with Crippen LogP contribution in [0.15, 0.2) is 54.2 Å². The Bertz CT molecular complexity index is 1760. The number of aryl methyl sites for hydroxylation is 1. The van der Waals surface area contributed by atoms with Crippen molar-refractivity contribution < 1.29 is 24.2 Å². The number of anilines is 1. The van der Waals surface area contributed by atoms with Gasteiger partial charge in [-0.05, 0) is 55.0 Å². The number of methoxy groups -OCH3 is 1. The molecule has 1 fully saturated rings. The summed E-state index contributed by atoms with van der Waals surface area (Å²) >= 11 is 6.90. The molecule has 3 atom stereocenters. The molecule has 6 rings (SSSR count). The van der Waals surface area contributed by atoms with Crippen LogP contribution in [-0.4, -0.2) is 77.8 Å². The van der Waals surface area contributed by atoms with Crippen molar-refractivity contribution in [2.45, 2.75) is 50.9 Å². The Hall–Kier alpha value is -4.45. The first-order valence-corrected chi connectivity index (χ1v) is 15.6. The van der Waals surface area contributed by atoms with Gasteiger partial charge in [-0.25, -0.2) is 9.78 Å². The second-order valence-corrected chi connectivity index (χ2v) is 12.3. The predicted octanol–water partition coefficient (Wildman–Crippen LogP) is 4.38. The van der Waals surface area contributed by atoms with Gasteiger partial charge in [-0.15, -0.1) is 0 Å². The predicted molar refractivity (Wildman–Crippen MR) is 175 cm³/mol. The number of carbonyl (C=O) groups is 3. The number of likely N-dealkylation sites (N-methyl/N-ethyl adjacent to an activating group) is 1. The molecule has 1 unspecified atom stereocenters. The van der Waals surface area contributed by atoms with Crippen molar-refractivity contribution in [3.05, 3.63) is 76.0 Å². The Morgan fingerprint density at radius 1 is 1.11 bits per heavy atom. The van der Waals surface area contributed by atoms with E-state index in [1.807, 2.05) is 31.2 Å². The number of rotatable bonds is 8. The van der Waals surface area contributed by atoms with Crippen LogP contribution in [0.4, 0.5) is 10.5 Å². The van der Waals surface area contributed by atoms with Gasteiger partial charge in [0.1, 0.15) is 0 Å². The average Bonchev–Trinajstić information content (AvgIpc) is 3.66. The minimum absolute atomic E-state index is 0.0172. The molecule has 3 aromatic rings. The average molecular weight is 645 g/mol. The molecule has 46 heavy (non-hydrogen) atoms. The number of carbonyl (C=O) groups excluding carboxylic acids is 3. The van der Waals surface area contributed by atoms with Crippen molar-refractivity contribution in [1.82, 2.24) is 25.4 Å². The number of ether oxygens (including phenoxy) is 1. The SMILES string of the molecule is COc1nc(-c2cccc(-c3cccc(NC(=O)C4=CN(C)C(=O)N(C)C4O)c3Cl)c2C)cc2c1[C@H](NC[C@@H]1CCC(=O)N1)CC2. The zero-order valence-electron chi connectivity index (χ0n) is 26.2. The van der Waals surface area contributed by atoms with Crippen molar-refractivity contribution in [3.63, 3.8) is 0 Å². The number of aliphatic hydroxyl groups is 1. The fraction of sp³-hybridized carbons (Fsp3) is 0.353. The maximum Gasteiger partial charge on any atom is 0.325 e. The molecule has 240 valence electrons. The second kappa shape index (κ2) is 12.7. The van der Waals surface area contributed by atoms with Crippen LogP contribution in [-0.2, 0) is 16.0 Å². The topological polar surface area (TPSA) is 136 Å². The van der Waals surface area contributed by atoms with Gasteiger partial charge in [0.15, 0.2) is 6.23 Å². The number of nitrogens with one attached hydrogen (secondary N) is 3. The maximum atomic E-state index is 13.2. The van der Waals surface area contributed by atoms with Crippen LogP contribution in [0.25, 0.3) is 22.4 Å². The van der Waals surface area contributed by atoms with E-state index >= 15 is 0 Å². The lowest BCUT2D eigenvalue weighted by molar-refractivity contribution is -0.119. The summed E-state index contributed by atoms with van der Waals surface area (Å²) < 4.78 is 5.81. The maximum absolute atomic E-state index is 13.2. The molecule has 1 aliphatic carbocycles. The molecule has 1 aromatic heterocycles. The fourth-order valence-electron chi connectivity index (χ4n) is 6.52. The van der Waals surface area contributed by atoms with Crippen molar-refractivity contribution in [2.24, 2.45) is 0 Å². The van der Waals surface area contributed by atoms with Crippen LogP contribution >= 0.6 is 11.6 Å². The molecule has 1 saturated heterocycles. The van der Waals surface area contributed by atoms with Crippen molar-refractivity contribution >= 4 is 35.1 Å². The van der Waals surface area contributed by atoms with E-state index in [2.05, 4.69) is 22.0 Å². The summed E-state index contributed by atoms with van der Waals surface area (Å²) in [5.74, 6) is 0.121. The second-order valence-electron chi connectivity index (χ2n) is 12.0. The molecule has 12 heteroatoms. The number of hydrogen-bond donors (Lipinski definition) is 4. The van der Waals surface area contributed by atoms with Gasteiger partial charge in [0, 0.05) is 62.0 Å². The first kappa shape index (κ1) is 31.5. The Morgan fingerprint density at radius 2 is 1.85 bits per heavy atom. The van der Waals surface area contributed by atoms with Gasteiger partial charge in [0.25, 0.3) is 5.91 Å². The number of amides is 4. The van der Waals surface area contributed by atoms with Gasteiger partial charge < -0.3 is 30.7 Å².